The second-order valence-corrected chi connectivity index (χ2v) is 8.49. The Morgan fingerprint density at radius 3 is 2.82 bits per heavy atom. The lowest BCUT2D eigenvalue weighted by Gasteiger charge is -2.18. The highest BCUT2D eigenvalue weighted by atomic mass is 79.9. The fourth-order valence-electron chi connectivity index (χ4n) is 3.39. The Morgan fingerprint density at radius 2 is 2.09 bits per heavy atom. The molecular formula is C26H28BrN3O3. The van der Waals surface area contributed by atoms with E-state index >= 15 is 0 Å². The van der Waals surface area contributed by atoms with Crippen molar-refractivity contribution in [3.63, 3.8) is 0 Å². The van der Waals surface area contributed by atoms with Crippen molar-refractivity contribution >= 4 is 38.8 Å². The summed E-state index contributed by atoms with van der Waals surface area (Å²) in [5.74, 6) is 0.770. The molecule has 2 aromatic carbocycles. The maximum absolute atomic E-state index is 12.6. The monoisotopic (exact) mass is 509 g/mol. The topological polar surface area (TPSA) is 87.1 Å². The molecule has 0 spiro atoms. The van der Waals surface area contributed by atoms with Gasteiger partial charge in [-0.15, -0.1) is 0 Å². The molecule has 0 fully saturated rings. The summed E-state index contributed by atoms with van der Waals surface area (Å²) in [5.41, 5.74) is 2.88. The molecule has 0 saturated carbocycles. The van der Waals surface area contributed by atoms with Gasteiger partial charge in [0, 0.05) is 23.6 Å². The average molecular weight is 510 g/mol. The number of halogens is 1. The first kappa shape index (κ1) is 24.4. The quantitative estimate of drug-likeness (QED) is 0.268. The van der Waals surface area contributed by atoms with Crippen LogP contribution in [0.4, 0.5) is 0 Å². The van der Waals surface area contributed by atoms with Gasteiger partial charge in [0.1, 0.15) is 11.6 Å². The van der Waals surface area contributed by atoms with Crippen LogP contribution in [0.2, 0.25) is 0 Å². The van der Waals surface area contributed by atoms with Gasteiger partial charge >= 0.3 is 0 Å². The molecule has 1 atom stereocenters. The van der Waals surface area contributed by atoms with Crippen LogP contribution in [0.25, 0.3) is 17.0 Å². The number of nitriles is 1. The summed E-state index contributed by atoms with van der Waals surface area (Å²) in [5, 5.41) is 13.6. The summed E-state index contributed by atoms with van der Waals surface area (Å²) in [6.45, 7) is 6.83. The Balaban J connectivity index is 1.73. The van der Waals surface area contributed by atoms with Crippen molar-refractivity contribution in [1.29, 1.82) is 5.26 Å². The van der Waals surface area contributed by atoms with E-state index in [1.165, 1.54) is 0 Å². The zero-order valence-electron chi connectivity index (χ0n) is 19.1. The molecule has 3 rings (SSSR count). The number of aromatic nitrogens is 1. The molecule has 1 heterocycles. The van der Waals surface area contributed by atoms with Crippen LogP contribution in [0.5, 0.6) is 11.5 Å². The van der Waals surface area contributed by atoms with E-state index in [0.29, 0.717) is 41.1 Å². The number of amides is 1. The van der Waals surface area contributed by atoms with Crippen LogP contribution in [0.3, 0.4) is 0 Å². The van der Waals surface area contributed by atoms with E-state index in [-0.39, 0.29) is 11.7 Å². The van der Waals surface area contributed by atoms with Gasteiger partial charge < -0.3 is 19.8 Å². The average Bonchev–Trinajstić information content (AvgIpc) is 3.22. The SMILES string of the molecule is CCOc1cc(/C=C(/C#N)C(=O)NCCc2c[nH]c3ccccc23)cc(Br)c1O[C@H](C)CC. The number of hydrogen-bond acceptors (Lipinski definition) is 4. The molecule has 0 bridgehead atoms. The number of H-pyrrole nitrogens is 1. The molecule has 3 aromatic rings. The van der Waals surface area contributed by atoms with Gasteiger partial charge in [0.2, 0.25) is 0 Å². The zero-order chi connectivity index (χ0) is 23.8. The third kappa shape index (κ3) is 6.17. The van der Waals surface area contributed by atoms with Crippen LogP contribution in [0.15, 0.2) is 52.6 Å². The van der Waals surface area contributed by atoms with Crippen LogP contribution in [-0.2, 0) is 11.2 Å². The van der Waals surface area contributed by atoms with Crippen molar-refractivity contribution in [1.82, 2.24) is 10.3 Å². The molecular weight excluding hydrogens is 482 g/mol. The number of fused-ring (bicyclic) bond motifs is 1. The lowest BCUT2D eigenvalue weighted by Crippen LogP contribution is -2.26. The number of nitrogens with one attached hydrogen (secondary N) is 2. The van der Waals surface area contributed by atoms with E-state index < -0.39 is 5.91 Å². The Labute approximate surface area is 202 Å². The first-order valence-electron chi connectivity index (χ1n) is 11.0. The van der Waals surface area contributed by atoms with Gasteiger partial charge in [0.15, 0.2) is 11.5 Å². The summed E-state index contributed by atoms with van der Waals surface area (Å²) in [6, 6.07) is 13.6. The first-order valence-corrected chi connectivity index (χ1v) is 11.8. The third-order valence-electron chi connectivity index (χ3n) is 5.26. The van der Waals surface area contributed by atoms with E-state index in [9.17, 15) is 10.1 Å². The van der Waals surface area contributed by atoms with Crippen LogP contribution >= 0.6 is 15.9 Å². The van der Waals surface area contributed by atoms with Gasteiger partial charge in [-0.25, -0.2) is 0 Å². The molecule has 6 nitrogen and oxygen atoms in total. The molecule has 0 unspecified atom stereocenters. The van der Waals surface area contributed by atoms with E-state index in [2.05, 4.69) is 26.2 Å². The molecule has 0 saturated heterocycles. The molecule has 1 amide bonds. The second kappa shape index (κ2) is 11.6. The lowest BCUT2D eigenvalue weighted by atomic mass is 10.1. The van der Waals surface area contributed by atoms with E-state index in [0.717, 1.165) is 22.9 Å². The van der Waals surface area contributed by atoms with E-state index in [1.807, 2.05) is 63.4 Å². The molecule has 7 heteroatoms. The summed E-state index contributed by atoms with van der Waals surface area (Å²) in [6.07, 6.45) is 5.06. The summed E-state index contributed by atoms with van der Waals surface area (Å²) < 4.78 is 12.4. The highest BCUT2D eigenvalue weighted by molar-refractivity contribution is 9.10. The highest BCUT2D eigenvalue weighted by Crippen LogP contribution is 2.38. The molecule has 0 aliphatic heterocycles. The van der Waals surface area contributed by atoms with Crippen LogP contribution in [-0.4, -0.2) is 30.1 Å². The number of benzene rings is 2. The number of nitrogens with zero attached hydrogens (tertiary/aromatic N) is 1. The standard InChI is InChI=1S/C26H28BrN3O3/c1-4-17(3)33-25-22(27)13-18(14-24(25)32-5-2)12-20(15-28)26(31)29-11-10-19-16-30-23-9-7-6-8-21(19)23/h6-9,12-14,16-17,30H,4-5,10-11H2,1-3H3,(H,29,31)/b20-12-/t17-/m1/s1. The Hall–Kier alpha value is -3.24. The molecule has 33 heavy (non-hydrogen) atoms. The van der Waals surface area contributed by atoms with Crippen LogP contribution in [0, 0.1) is 11.3 Å². The van der Waals surface area contributed by atoms with Gasteiger partial charge in [0.25, 0.3) is 5.91 Å². The predicted octanol–water partition coefficient (Wildman–Crippen LogP) is 5.77. The molecule has 172 valence electrons. The third-order valence-corrected chi connectivity index (χ3v) is 5.85. The van der Waals surface area contributed by atoms with Gasteiger partial charge in [-0.1, -0.05) is 25.1 Å². The van der Waals surface area contributed by atoms with Gasteiger partial charge in [0.05, 0.1) is 17.2 Å². The smallest absolute Gasteiger partial charge is 0.261 e. The largest absolute Gasteiger partial charge is 0.490 e. The van der Waals surface area contributed by atoms with Crippen molar-refractivity contribution in [2.75, 3.05) is 13.2 Å². The van der Waals surface area contributed by atoms with Gasteiger partial charge in [-0.2, -0.15) is 5.26 Å². The molecule has 0 aliphatic carbocycles. The first-order chi connectivity index (χ1) is 16.0. The van der Waals surface area contributed by atoms with Crippen molar-refractivity contribution < 1.29 is 14.3 Å². The summed E-state index contributed by atoms with van der Waals surface area (Å²) in [7, 11) is 0. The number of para-hydroxylation sites is 1. The number of aromatic amines is 1. The lowest BCUT2D eigenvalue weighted by molar-refractivity contribution is -0.117. The Bertz CT molecular complexity index is 1190. The van der Waals surface area contributed by atoms with Crippen molar-refractivity contribution in [3.05, 3.63) is 63.8 Å². The number of ether oxygens (including phenoxy) is 2. The minimum atomic E-state index is -0.411. The van der Waals surface area contributed by atoms with Crippen molar-refractivity contribution in [2.45, 2.75) is 39.7 Å². The molecule has 2 N–H and O–H groups in total. The van der Waals surface area contributed by atoms with E-state index in [4.69, 9.17) is 9.47 Å². The Kier molecular flexibility index (Phi) is 8.56. The van der Waals surface area contributed by atoms with Crippen molar-refractivity contribution in [2.24, 2.45) is 0 Å². The van der Waals surface area contributed by atoms with E-state index in [1.54, 1.807) is 12.1 Å². The maximum atomic E-state index is 12.6. The van der Waals surface area contributed by atoms with Crippen LogP contribution in [0.1, 0.15) is 38.3 Å². The summed E-state index contributed by atoms with van der Waals surface area (Å²) in [4.78, 5) is 15.9. The number of hydrogen-bond donors (Lipinski definition) is 2. The fraction of sp³-hybridized carbons (Fsp3) is 0.308. The molecule has 0 aliphatic rings. The normalized spacial score (nSPS) is 12.3. The number of rotatable bonds is 10. The number of carbonyl (C=O) groups is 1. The van der Waals surface area contributed by atoms with Crippen LogP contribution < -0.4 is 14.8 Å². The summed E-state index contributed by atoms with van der Waals surface area (Å²) >= 11 is 3.54. The zero-order valence-corrected chi connectivity index (χ0v) is 20.7. The predicted molar refractivity (Wildman–Crippen MR) is 134 cm³/mol. The molecule has 1 aromatic heterocycles. The Morgan fingerprint density at radius 1 is 1.30 bits per heavy atom. The molecule has 0 radical (unpaired) electrons. The number of carbonyl (C=O) groups excluding carboxylic acids is 1. The fourth-order valence-corrected chi connectivity index (χ4v) is 3.95. The maximum Gasteiger partial charge on any atom is 0.261 e. The minimum Gasteiger partial charge on any atom is -0.490 e. The second-order valence-electron chi connectivity index (χ2n) is 7.63. The van der Waals surface area contributed by atoms with Gasteiger partial charge in [-0.3, -0.25) is 4.79 Å². The highest BCUT2D eigenvalue weighted by Gasteiger charge is 2.16. The van der Waals surface area contributed by atoms with Gasteiger partial charge in [-0.05, 0) is 78.0 Å². The van der Waals surface area contributed by atoms with Crippen molar-refractivity contribution in [3.8, 4) is 17.6 Å². The minimum absolute atomic E-state index is 0.0267.